The van der Waals surface area contributed by atoms with Gasteiger partial charge in [-0.2, -0.15) is 0 Å². The fraction of sp³-hybridized carbons (Fsp3) is 0.571. The second-order valence-electron chi connectivity index (χ2n) is 4.34. The summed E-state index contributed by atoms with van der Waals surface area (Å²) >= 11 is 6.17. The van der Waals surface area contributed by atoms with Crippen molar-refractivity contribution in [1.29, 1.82) is 0 Å². The van der Waals surface area contributed by atoms with Crippen molar-refractivity contribution in [2.75, 3.05) is 14.2 Å². The molecule has 0 amide bonds. The van der Waals surface area contributed by atoms with E-state index in [1.807, 2.05) is 20.0 Å². The van der Waals surface area contributed by atoms with Crippen molar-refractivity contribution in [3.8, 4) is 0 Å². The van der Waals surface area contributed by atoms with Gasteiger partial charge in [0.1, 0.15) is 0 Å². The fourth-order valence-corrected chi connectivity index (χ4v) is 2.26. The molecule has 0 aliphatic heterocycles. The standard InChI is InChI=1S/C14H22ClNO/c1-5-6-13(17-4)14(16-3)11-8-7-10(2)12(15)9-11/h7-9,13-14,16H,5-6H2,1-4H3. The highest BCUT2D eigenvalue weighted by Gasteiger charge is 2.21. The Morgan fingerprint density at radius 2 is 2.12 bits per heavy atom. The second kappa shape index (κ2) is 7.00. The number of rotatable bonds is 6. The highest BCUT2D eigenvalue weighted by molar-refractivity contribution is 6.31. The van der Waals surface area contributed by atoms with Crippen molar-refractivity contribution < 1.29 is 4.74 Å². The van der Waals surface area contributed by atoms with Gasteiger partial charge in [0.15, 0.2) is 0 Å². The molecule has 0 aliphatic carbocycles. The first kappa shape index (κ1) is 14.5. The van der Waals surface area contributed by atoms with Gasteiger partial charge in [-0.3, -0.25) is 0 Å². The third-order valence-corrected chi connectivity index (χ3v) is 3.52. The van der Waals surface area contributed by atoms with Crippen LogP contribution in [0.1, 0.15) is 36.9 Å². The Kier molecular flexibility index (Phi) is 5.96. The molecule has 2 atom stereocenters. The molecule has 0 aliphatic rings. The Morgan fingerprint density at radius 1 is 1.41 bits per heavy atom. The lowest BCUT2D eigenvalue weighted by Gasteiger charge is -2.26. The van der Waals surface area contributed by atoms with Crippen molar-refractivity contribution in [3.63, 3.8) is 0 Å². The minimum absolute atomic E-state index is 0.184. The van der Waals surface area contributed by atoms with E-state index in [1.54, 1.807) is 7.11 Å². The monoisotopic (exact) mass is 255 g/mol. The summed E-state index contributed by atoms with van der Waals surface area (Å²) in [7, 11) is 3.72. The van der Waals surface area contributed by atoms with Crippen LogP contribution in [-0.4, -0.2) is 20.3 Å². The number of benzene rings is 1. The molecule has 96 valence electrons. The molecule has 0 fully saturated rings. The number of ether oxygens (including phenoxy) is 1. The first-order valence-electron chi connectivity index (χ1n) is 6.10. The molecule has 3 heteroatoms. The Balaban J connectivity index is 2.95. The second-order valence-corrected chi connectivity index (χ2v) is 4.74. The lowest BCUT2D eigenvalue weighted by Crippen LogP contribution is -2.31. The third-order valence-electron chi connectivity index (χ3n) is 3.11. The van der Waals surface area contributed by atoms with Crippen molar-refractivity contribution in [1.82, 2.24) is 5.32 Å². The van der Waals surface area contributed by atoms with Gasteiger partial charge >= 0.3 is 0 Å². The summed E-state index contributed by atoms with van der Waals surface area (Å²) in [6, 6.07) is 6.39. The van der Waals surface area contributed by atoms with E-state index in [0.717, 1.165) is 23.4 Å². The van der Waals surface area contributed by atoms with Gasteiger partial charge in [-0.15, -0.1) is 0 Å². The third kappa shape index (κ3) is 3.70. The van der Waals surface area contributed by atoms with Crippen LogP contribution in [0.25, 0.3) is 0 Å². The smallest absolute Gasteiger partial charge is 0.0765 e. The van der Waals surface area contributed by atoms with E-state index < -0.39 is 0 Å². The van der Waals surface area contributed by atoms with Crippen LogP contribution in [0, 0.1) is 6.92 Å². The van der Waals surface area contributed by atoms with Crippen LogP contribution < -0.4 is 5.32 Å². The zero-order valence-corrected chi connectivity index (χ0v) is 11.8. The van der Waals surface area contributed by atoms with Crippen LogP contribution in [0.3, 0.4) is 0 Å². The molecule has 0 spiro atoms. The summed E-state index contributed by atoms with van der Waals surface area (Å²) in [4.78, 5) is 0. The quantitative estimate of drug-likeness (QED) is 0.837. The number of hydrogen-bond acceptors (Lipinski definition) is 2. The fourth-order valence-electron chi connectivity index (χ4n) is 2.07. The molecule has 0 aromatic heterocycles. The van der Waals surface area contributed by atoms with Gasteiger partial charge in [-0.25, -0.2) is 0 Å². The van der Waals surface area contributed by atoms with E-state index in [2.05, 4.69) is 24.4 Å². The van der Waals surface area contributed by atoms with E-state index in [1.165, 1.54) is 5.56 Å². The molecule has 0 saturated carbocycles. The zero-order valence-electron chi connectivity index (χ0n) is 11.1. The predicted octanol–water partition coefficient (Wildman–Crippen LogP) is 3.72. The van der Waals surface area contributed by atoms with Crippen LogP contribution in [0.4, 0.5) is 0 Å². The molecule has 1 aromatic rings. The molecule has 0 saturated heterocycles. The highest BCUT2D eigenvalue weighted by Crippen LogP contribution is 2.26. The van der Waals surface area contributed by atoms with E-state index in [4.69, 9.17) is 16.3 Å². The average molecular weight is 256 g/mol. The predicted molar refractivity (Wildman–Crippen MR) is 73.7 cm³/mol. The molecular formula is C14H22ClNO. The lowest BCUT2D eigenvalue weighted by molar-refractivity contribution is 0.0630. The SMILES string of the molecule is CCCC(OC)C(NC)c1ccc(C)c(Cl)c1. The molecule has 0 radical (unpaired) electrons. The van der Waals surface area contributed by atoms with Gasteiger partial charge in [-0.1, -0.05) is 37.1 Å². The van der Waals surface area contributed by atoms with Crippen LogP contribution in [-0.2, 0) is 4.74 Å². The molecular weight excluding hydrogens is 234 g/mol. The first-order chi connectivity index (χ1) is 8.13. The summed E-state index contributed by atoms with van der Waals surface area (Å²) < 4.78 is 5.56. The number of likely N-dealkylation sites (N-methyl/N-ethyl adjacent to an activating group) is 1. The Morgan fingerprint density at radius 3 is 2.59 bits per heavy atom. The molecule has 1 rings (SSSR count). The highest BCUT2D eigenvalue weighted by atomic mass is 35.5. The maximum Gasteiger partial charge on any atom is 0.0765 e. The Bertz CT molecular complexity index is 354. The summed E-state index contributed by atoms with van der Waals surface area (Å²) in [5.41, 5.74) is 2.29. The minimum Gasteiger partial charge on any atom is -0.379 e. The minimum atomic E-state index is 0.184. The molecule has 1 N–H and O–H groups in total. The van der Waals surface area contributed by atoms with Crippen molar-refractivity contribution in [2.45, 2.75) is 38.8 Å². The van der Waals surface area contributed by atoms with Crippen molar-refractivity contribution >= 4 is 11.6 Å². The van der Waals surface area contributed by atoms with Gasteiger partial charge in [0.2, 0.25) is 0 Å². The maximum atomic E-state index is 6.17. The summed E-state index contributed by atoms with van der Waals surface area (Å²) in [5.74, 6) is 0. The number of aryl methyl sites for hydroxylation is 1. The largest absolute Gasteiger partial charge is 0.379 e. The normalized spacial score (nSPS) is 14.6. The lowest BCUT2D eigenvalue weighted by atomic mass is 9.97. The van der Waals surface area contributed by atoms with E-state index >= 15 is 0 Å². The molecule has 0 bridgehead atoms. The van der Waals surface area contributed by atoms with Gasteiger partial charge < -0.3 is 10.1 Å². The number of halogens is 1. The Labute approximate surface area is 109 Å². The first-order valence-corrected chi connectivity index (χ1v) is 6.47. The van der Waals surface area contributed by atoms with Crippen LogP contribution in [0.5, 0.6) is 0 Å². The van der Waals surface area contributed by atoms with Gasteiger partial charge in [0, 0.05) is 12.1 Å². The zero-order chi connectivity index (χ0) is 12.8. The van der Waals surface area contributed by atoms with Crippen molar-refractivity contribution in [3.05, 3.63) is 34.3 Å². The van der Waals surface area contributed by atoms with Crippen molar-refractivity contribution in [2.24, 2.45) is 0 Å². The molecule has 1 aromatic carbocycles. The van der Waals surface area contributed by atoms with Gasteiger partial charge in [0.05, 0.1) is 12.1 Å². The average Bonchev–Trinajstić information content (AvgIpc) is 2.33. The van der Waals surface area contributed by atoms with Crippen LogP contribution in [0.2, 0.25) is 5.02 Å². The van der Waals surface area contributed by atoms with Gasteiger partial charge in [0.25, 0.3) is 0 Å². The summed E-state index contributed by atoms with van der Waals surface area (Å²) in [6.07, 6.45) is 2.33. The topological polar surface area (TPSA) is 21.3 Å². The Hall–Kier alpha value is -0.570. The summed E-state index contributed by atoms with van der Waals surface area (Å²) in [6.45, 7) is 4.18. The number of nitrogens with one attached hydrogen (secondary N) is 1. The van der Waals surface area contributed by atoms with E-state index in [9.17, 15) is 0 Å². The summed E-state index contributed by atoms with van der Waals surface area (Å²) in [5, 5.41) is 4.13. The molecule has 2 unspecified atom stereocenters. The molecule has 2 nitrogen and oxygen atoms in total. The number of hydrogen-bond donors (Lipinski definition) is 1. The van der Waals surface area contributed by atoms with E-state index in [-0.39, 0.29) is 12.1 Å². The maximum absolute atomic E-state index is 6.17. The number of methoxy groups -OCH3 is 1. The molecule has 17 heavy (non-hydrogen) atoms. The van der Waals surface area contributed by atoms with Gasteiger partial charge in [-0.05, 0) is 37.6 Å². The molecule has 0 heterocycles. The van der Waals surface area contributed by atoms with Crippen LogP contribution in [0.15, 0.2) is 18.2 Å². The van der Waals surface area contributed by atoms with E-state index in [0.29, 0.717) is 0 Å². The van der Waals surface area contributed by atoms with Crippen LogP contribution >= 0.6 is 11.6 Å².